The first-order valence-electron chi connectivity index (χ1n) is 12.4. The summed E-state index contributed by atoms with van der Waals surface area (Å²) >= 11 is 1.04. The number of alkyl halides is 2. The minimum atomic E-state index is -2.99. The van der Waals surface area contributed by atoms with Crippen LogP contribution in [0.1, 0.15) is 36.2 Å². The third-order valence-corrected chi connectivity index (χ3v) is 7.65. The first kappa shape index (κ1) is 26.5. The summed E-state index contributed by atoms with van der Waals surface area (Å²) in [6.07, 6.45) is -1.61. The Bertz CT molecular complexity index is 1540. The highest BCUT2D eigenvalue weighted by molar-refractivity contribution is 7.21. The van der Waals surface area contributed by atoms with Gasteiger partial charge in [0.05, 0.1) is 20.8 Å². The summed E-state index contributed by atoms with van der Waals surface area (Å²) in [5, 5.41) is 3.37. The van der Waals surface area contributed by atoms with E-state index >= 15 is 0 Å². The molecule has 1 fully saturated rings. The SMILES string of the molecule is COc1ccc(Cn2c(C(F)F)nc3sc(N4CCCC4C(=O)NCc4ccccc4)nc3c2=O)c(OC)c1. The summed E-state index contributed by atoms with van der Waals surface area (Å²) in [6, 6.07) is 14.0. The third kappa shape index (κ3) is 5.42. The lowest BCUT2D eigenvalue weighted by atomic mass is 10.2. The van der Waals surface area contributed by atoms with Crippen molar-refractivity contribution in [3.05, 3.63) is 75.8 Å². The highest BCUT2D eigenvalue weighted by Crippen LogP contribution is 2.33. The second-order valence-electron chi connectivity index (χ2n) is 9.04. The number of halogens is 2. The lowest BCUT2D eigenvalue weighted by molar-refractivity contribution is -0.122. The van der Waals surface area contributed by atoms with Gasteiger partial charge in [0, 0.05) is 24.7 Å². The molecular weight excluding hydrogens is 528 g/mol. The van der Waals surface area contributed by atoms with Gasteiger partial charge in [0.25, 0.3) is 12.0 Å². The van der Waals surface area contributed by atoms with Gasteiger partial charge in [-0.2, -0.15) is 0 Å². The molecule has 0 spiro atoms. The minimum absolute atomic E-state index is 0.0118. The van der Waals surface area contributed by atoms with Crippen LogP contribution in [0.4, 0.5) is 13.9 Å². The standard InChI is InChI=1S/C27H27F2N5O4S/c1-37-18-11-10-17(20(13-18)38-2)15-34-23(22(28)29)32-25-21(26(34)36)31-27(39-25)33-12-6-9-19(33)24(35)30-14-16-7-4-3-5-8-16/h3-5,7-8,10-11,13,19,22H,6,9,12,14-15H2,1-2H3,(H,30,35). The van der Waals surface area contributed by atoms with Crippen molar-refractivity contribution in [2.75, 3.05) is 25.7 Å². The fraction of sp³-hybridized carbons (Fsp3) is 0.333. The molecule has 3 heterocycles. The van der Waals surface area contributed by atoms with Crippen LogP contribution < -0.4 is 25.2 Å². The Morgan fingerprint density at radius 1 is 1.15 bits per heavy atom. The summed E-state index contributed by atoms with van der Waals surface area (Å²) < 4.78 is 39.7. The smallest absolute Gasteiger partial charge is 0.295 e. The number of fused-ring (bicyclic) bond motifs is 1. The molecule has 1 aliphatic heterocycles. The summed E-state index contributed by atoms with van der Waals surface area (Å²) in [4.78, 5) is 37.0. The maximum Gasteiger partial charge on any atom is 0.295 e. The summed E-state index contributed by atoms with van der Waals surface area (Å²) in [5.41, 5.74) is 0.795. The molecule has 2 aromatic heterocycles. The Morgan fingerprint density at radius 3 is 2.67 bits per heavy atom. The van der Waals surface area contributed by atoms with E-state index in [2.05, 4.69) is 15.3 Å². The largest absolute Gasteiger partial charge is 0.497 e. The molecule has 1 aliphatic rings. The molecule has 204 valence electrons. The van der Waals surface area contributed by atoms with Crippen LogP contribution >= 0.6 is 11.3 Å². The second-order valence-corrected chi connectivity index (χ2v) is 10.0. The van der Waals surface area contributed by atoms with Gasteiger partial charge in [-0.1, -0.05) is 41.7 Å². The van der Waals surface area contributed by atoms with Crippen LogP contribution in [0.15, 0.2) is 53.3 Å². The fourth-order valence-corrected chi connectivity index (χ4v) is 5.69. The molecule has 1 atom stereocenters. The zero-order valence-electron chi connectivity index (χ0n) is 21.4. The maximum atomic E-state index is 14.1. The van der Waals surface area contributed by atoms with Crippen molar-refractivity contribution in [2.24, 2.45) is 0 Å². The number of benzene rings is 2. The molecule has 0 saturated carbocycles. The van der Waals surface area contributed by atoms with Crippen molar-refractivity contribution in [2.45, 2.75) is 38.4 Å². The second kappa shape index (κ2) is 11.4. The number of hydrogen-bond acceptors (Lipinski definition) is 8. The van der Waals surface area contributed by atoms with Crippen molar-refractivity contribution in [1.82, 2.24) is 19.9 Å². The van der Waals surface area contributed by atoms with Crippen LogP contribution in [-0.2, 0) is 17.9 Å². The highest BCUT2D eigenvalue weighted by Gasteiger charge is 2.33. The average Bonchev–Trinajstić information content (AvgIpc) is 3.61. The Morgan fingerprint density at radius 2 is 1.95 bits per heavy atom. The number of aromatic nitrogens is 3. The number of carbonyl (C=O) groups excluding carboxylic acids is 1. The van der Waals surface area contributed by atoms with E-state index in [1.54, 1.807) is 18.2 Å². The molecule has 5 rings (SSSR count). The van der Waals surface area contributed by atoms with Crippen molar-refractivity contribution in [3.8, 4) is 11.5 Å². The lowest BCUT2D eigenvalue weighted by Crippen LogP contribution is -2.43. The first-order chi connectivity index (χ1) is 18.9. The van der Waals surface area contributed by atoms with Gasteiger partial charge in [0.15, 0.2) is 21.3 Å². The van der Waals surface area contributed by atoms with Crippen LogP contribution in [0.5, 0.6) is 11.5 Å². The summed E-state index contributed by atoms with van der Waals surface area (Å²) in [5.74, 6) is 0.115. The van der Waals surface area contributed by atoms with Crippen molar-refractivity contribution >= 4 is 32.7 Å². The van der Waals surface area contributed by atoms with Crippen LogP contribution in [0.3, 0.4) is 0 Å². The van der Waals surface area contributed by atoms with E-state index in [4.69, 9.17) is 9.47 Å². The van der Waals surface area contributed by atoms with Crippen LogP contribution in [0.2, 0.25) is 0 Å². The number of ether oxygens (including phenoxy) is 2. The first-order valence-corrected chi connectivity index (χ1v) is 13.2. The molecule has 0 bridgehead atoms. The molecule has 1 amide bonds. The van der Waals surface area contributed by atoms with Gasteiger partial charge < -0.3 is 19.7 Å². The average molecular weight is 556 g/mol. The molecule has 0 aliphatic carbocycles. The van der Waals surface area contributed by atoms with E-state index in [0.717, 1.165) is 27.9 Å². The summed E-state index contributed by atoms with van der Waals surface area (Å²) in [6.45, 7) is 0.764. The van der Waals surface area contributed by atoms with Gasteiger partial charge in [-0.15, -0.1) is 0 Å². The molecule has 39 heavy (non-hydrogen) atoms. The van der Waals surface area contributed by atoms with Crippen molar-refractivity contribution < 1.29 is 23.0 Å². The number of amides is 1. The number of thiazole rings is 1. The molecule has 0 radical (unpaired) electrons. The molecule has 9 nitrogen and oxygen atoms in total. The van der Waals surface area contributed by atoms with Gasteiger partial charge in [-0.25, -0.2) is 18.7 Å². The molecule has 1 N–H and O–H groups in total. The number of carbonyl (C=O) groups is 1. The van der Waals surface area contributed by atoms with Crippen molar-refractivity contribution in [3.63, 3.8) is 0 Å². The predicted molar refractivity (Wildman–Crippen MR) is 144 cm³/mol. The normalized spacial score (nSPS) is 15.2. The number of hydrogen-bond donors (Lipinski definition) is 1. The van der Waals surface area contributed by atoms with E-state index in [1.807, 2.05) is 35.2 Å². The maximum absolute atomic E-state index is 14.1. The molecule has 4 aromatic rings. The zero-order valence-corrected chi connectivity index (χ0v) is 22.2. The number of methoxy groups -OCH3 is 2. The molecule has 1 saturated heterocycles. The van der Waals surface area contributed by atoms with Crippen LogP contribution in [0.25, 0.3) is 10.3 Å². The topological polar surface area (TPSA) is 98.6 Å². The number of rotatable bonds is 9. The van der Waals surface area contributed by atoms with E-state index in [1.165, 1.54) is 14.2 Å². The summed E-state index contributed by atoms with van der Waals surface area (Å²) in [7, 11) is 2.95. The third-order valence-electron chi connectivity index (χ3n) is 6.67. The Hall–Kier alpha value is -4.06. The Labute approximate surface area is 227 Å². The van der Waals surface area contributed by atoms with E-state index in [9.17, 15) is 18.4 Å². The quantitative estimate of drug-likeness (QED) is 0.332. The predicted octanol–water partition coefficient (Wildman–Crippen LogP) is 4.14. The minimum Gasteiger partial charge on any atom is -0.497 e. The van der Waals surface area contributed by atoms with Crippen LogP contribution in [0, 0.1) is 0 Å². The lowest BCUT2D eigenvalue weighted by Gasteiger charge is -2.23. The molecular formula is C27H27F2N5O4S. The molecule has 12 heteroatoms. The van der Waals surface area contributed by atoms with E-state index in [-0.39, 0.29) is 22.8 Å². The van der Waals surface area contributed by atoms with Gasteiger partial charge >= 0.3 is 0 Å². The Balaban J connectivity index is 1.45. The molecule has 2 aromatic carbocycles. The number of nitrogens with one attached hydrogen (secondary N) is 1. The van der Waals surface area contributed by atoms with Crippen LogP contribution in [-0.4, -0.2) is 47.2 Å². The van der Waals surface area contributed by atoms with Gasteiger partial charge in [-0.3, -0.25) is 14.2 Å². The van der Waals surface area contributed by atoms with Crippen molar-refractivity contribution in [1.29, 1.82) is 0 Å². The van der Waals surface area contributed by atoms with Gasteiger partial charge in [-0.05, 0) is 30.5 Å². The number of anilines is 1. The Kier molecular flexibility index (Phi) is 7.73. The fourth-order valence-electron chi connectivity index (χ4n) is 4.68. The van der Waals surface area contributed by atoms with Gasteiger partial charge in [0.1, 0.15) is 17.5 Å². The monoisotopic (exact) mass is 555 g/mol. The van der Waals surface area contributed by atoms with E-state index < -0.39 is 23.9 Å². The van der Waals surface area contributed by atoms with Gasteiger partial charge in [0.2, 0.25) is 5.91 Å². The molecule has 1 unspecified atom stereocenters. The van der Waals surface area contributed by atoms with E-state index in [0.29, 0.717) is 41.7 Å². The highest BCUT2D eigenvalue weighted by atomic mass is 32.1. The zero-order chi connectivity index (χ0) is 27.5. The number of nitrogens with zero attached hydrogens (tertiary/aromatic N) is 4.